The molecule has 2 aliphatic heterocycles. The van der Waals surface area contributed by atoms with Gasteiger partial charge in [0, 0.05) is 12.4 Å². The Bertz CT molecular complexity index is 1570. The number of fused-ring (bicyclic) bond motifs is 2. The minimum absolute atomic E-state index is 0. The molecule has 0 radical (unpaired) electrons. The largest absolute Gasteiger partial charge is 2.00 e. The summed E-state index contributed by atoms with van der Waals surface area (Å²) >= 11 is 0. The fourth-order valence-electron chi connectivity index (χ4n) is 4.05. The predicted molar refractivity (Wildman–Crippen MR) is 270 cm³/mol. The third kappa shape index (κ3) is 44.4. The zero-order valence-corrected chi connectivity index (χ0v) is 48.3. The number of nitrogens with zero attached hydrogens (tertiary/aromatic N) is 1. The number of hydrogen-bond donors (Lipinski definition) is 0. The van der Waals surface area contributed by atoms with Crippen LogP contribution in [0.3, 0.4) is 0 Å². The van der Waals surface area contributed by atoms with Gasteiger partial charge < -0.3 is 49.8 Å². The van der Waals surface area contributed by atoms with Crippen LogP contribution in [0.15, 0.2) is 134 Å². The molecule has 7 heteroatoms. The predicted octanol–water partition coefficient (Wildman–Crippen LogP) is 16.7. The molecular weight excluding hydrogens is 1120 g/mol. The van der Waals surface area contributed by atoms with Gasteiger partial charge in [0.05, 0.1) is 0 Å². The number of aryl methyl sites for hydroxylation is 4. The minimum atomic E-state index is 0. The Labute approximate surface area is 418 Å². The molecule has 1 atom stereocenters. The first kappa shape index (κ1) is 73.4. The summed E-state index contributed by atoms with van der Waals surface area (Å²) in [4.78, 5) is 3.88. The van der Waals surface area contributed by atoms with E-state index in [1.807, 2.05) is 196 Å². The third-order valence-electron chi connectivity index (χ3n) is 6.49. The van der Waals surface area contributed by atoms with Crippen molar-refractivity contribution in [3.05, 3.63) is 181 Å². The normalized spacial score (nSPS) is 11.5. The average Bonchev–Trinajstić information content (AvgIpc) is 3.81. The zero-order chi connectivity index (χ0) is 47.5. The van der Waals surface area contributed by atoms with Crippen molar-refractivity contribution in [2.75, 3.05) is 20.0 Å². The number of aromatic nitrogens is 1. The molecule has 0 saturated heterocycles. The number of allylic oxidation sites excluding steroid dienone is 9. The zero-order valence-electron chi connectivity index (χ0n) is 42.5. The first-order valence-corrected chi connectivity index (χ1v) is 22.2. The Morgan fingerprint density at radius 3 is 1.41 bits per heavy atom. The monoisotopic (exact) mass is 1200 g/mol. The van der Waals surface area contributed by atoms with Gasteiger partial charge in [-0.25, -0.2) is 18.6 Å². The van der Waals surface area contributed by atoms with Crippen molar-refractivity contribution in [2.45, 2.75) is 125 Å². The molecule has 7 rings (SSSR count). The van der Waals surface area contributed by atoms with Gasteiger partial charge >= 0.3 is 42.1 Å². The molecule has 3 aromatic carbocycles. The van der Waals surface area contributed by atoms with Crippen LogP contribution in [0.4, 0.5) is 0 Å². The summed E-state index contributed by atoms with van der Waals surface area (Å²) in [7, 11) is 0. The van der Waals surface area contributed by atoms with Crippen LogP contribution in [0.1, 0.15) is 119 Å². The van der Waals surface area contributed by atoms with Crippen molar-refractivity contribution in [3.8, 4) is 23.0 Å². The standard InChI is InChI=1S/C9H10O2.C9H10.C8H8O2.C7H8.C6H7N.C5H6.6C2H6.2W/c1-7-2-3-8-9(6-7)11-5-4-10-8;1-2-6-9-7-4-3-5-8-9;1-6-2-3-7-8(4-6)10-5-9-7;1-7-5-3-2-4-6-7;1-6-3-2-4-7-5-6;1-3-5-4-2;6*1-2;;/h2-3,6H,4-5H2,1H3;3-9H,1H3;2-4H,5H2,1H3;2-6H,1H3;2-5H,1H3;1,3,5H,2H3;6*1-2H3;;/q;-2;;;;-2;;;;;;;2*+2. The van der Waals surface area contributed by atoms with Crippen LogP contribution in [0, 0.1) is 58.8 Å². The molecule has 0 saturated carbocycles. The van der Waals surface area contributed by atoms with E-state index >= 15 is 0 Å². The van der Waals surface area contributed by atoms with Crippen LogP contribution < -0.4 is 18.9 Å². The average molecular weight is 1200 g/mol. The molecule has 0 N–H and O–H groups in total. The Balaban J connectivity index is -0.000000114. The Morgan fingerprint density at radius 1 is 0.571 bits per heavy atom. The van der Waals surface area contributed by atoms with Crippen LogP contribution >= 0.6 is 0 Å². The fraction of sp³-hybridized carbons (Fsp3) is 0.393. The van der Waals surface area contributed by atoms with Crippen molar-refractivity contribution in [1.82, 2.24) is 4.98 Å². The van der Waals surface area contributed by atoms with Gasteiger partial charge in [-0.3, -0.25) is 11.1 Å². The van der Waals surface area contributed by atoms with Crippen molar-refractivity contribution < 1.29 is 61.1 Å². The van der Waals surface area contributed by atoms with E-state index in [-0.39, 0.29) is 42.1 Å². The second kappa shape index (κ2) is 60.0. The fourth-order valence-corrected chi connectivity index (χ4v) is 4.05. The maximum atomic E-state index is 5.38. The number of rotatable bonds is 2. The maximum Gasteiger partial charge on any atom is 2.00 e. The summed E-state index contributed by atoms with van der Waals surface area (Å²) in [6.45, 7) is 42.5. The molecule has 0 fully saturated rings. The molecule has 0 amide bonds. The van der Waals surface area contributed by atoms with Gasteiger partial charge in [0.25, 0.3) is 0 Å². The molecule has 5 nitrogen and oxygen atoms in total. The molecule has 350 valence electrons. The van der Waals surface area contributed by atoms with Gasteiger partial charge in [0.2, 0.25) is 6.79 Å². The van der Waals surface area contributed by atoms with Crippen LogP contribution in [-0.2, 0) is 42.1 Å². The number of hydrogen-bond acceptors (Lipinski definition) is 5. The van der Waals surface area contributed by atoms with Gasteiger partial charge in [-0.2, -0.15) is 6.92 Å². The molecule has 1 aliphatic carbocycles. The molecule has 3 aliphatic rings. The first-order chi connectivity index (χ1) is 29.9. The number of pyridine rings is 1. The molecule has 4 aromatic rings. The topological polar surface area (TPSA) is 49.8 Å². The molecular formula is C56H85NO4W2. The Morgan fingerprint density at radius 2 is 1.05 bits per heavy atom. The summed E-state index contributed by atoms with van der Waals surface area (Å²) in [5.41, 5.74) is 4.93. The molecule has 1 aromatic heterocycles. The van der Waals surface area contributed by atoms with E-state index in [4.69, 9.17) is 25.5 Å². The Kier molecular flexibility index (Phi) is 69.9. The second-order valence-corrected chi connectivity index (χ2v) is 10.8. The van der Waals surface area contributed by atoms with Crippen molar-refractivity contribution >= 4 is 0 Å². The molecule has 0 bridgehead atoms. The van der Waals surface area contributed by atoms with Crippen molar-refractivity contribution in [2.24, 2.45) is 5.92 Å². The maximum absolute atomic E-state index is 5.38. The van der Waals surface area contributed by atoms with Crippen LogP contribution in [-0.4, -0.2) is 25.0 Å². The van der Waals surface area contributed by atoms with Crippen LogP contribution in [0.2, 0.25) is 0 Å². The van der Waals surface area contributed by atoms with Gasteiger partial charge in [0.15, 0.2) is 23.0 Å². The van der Waals surface area contributed by atoms with Gasteiger partial charge in [-0.05, 0) is 74.7 Å². The summed E-state index contributed by atoms with van der Waals surface area (Å²) in [5.74, 6) is 3.92. The summed E-state index contributed by atoms with van der Waals surface area (Å²) < 4.78 is 21.0. The SMILES string of the molecule is CC.CC.CC.CC.CC.CC.C[C-]=CC1C=CC=C[CH-]1.Cc1ccc2c(c1)OCCO2.Cc1ccc2c(c1)OCO2.Cc1ccccc1.Cc1cccnc1.[CH-]=CC=[C-]C.[W+2].[W+2]. The van der Waals surface area contributed by atoms with E-state index in [9.17, 15) is 0 Å². The van der Waals surface area contributed by atoms with Crippen LogP contribution in [0.5, 0.6) is 23.0 Å². The number of ether oxygens (including phenoxy) is 4. The minimum Gasteiger partial charge on any atom is -0.504 e. The summed E-state index contributed by atoms with van der Waals surface area (Å²) in [5, 5.41) is 0. The van der Waals surface area contributed by atoms with Gasteiger partial charge in [0.1, 0.15) is 13.2 Å². The van der Waals surface area contributed by atoms with Crippen molar-refractivity contribution in [3.63, 3.8) is 0 Å². The van der Waals surface area contributed by atoms with E-state index < -0.39 is 0 Å². The molecule has 0 spiro atoms. The van der Waals surface area contributed by atoms with E-state index in [0.29, 0.717) is 25.9 Å². The molecule has 63 heavy (non-hydrogen) atoms. The summed E-state index contributed by atoms with van der Waals surface area (Å²) in [6, 6.07) is 26.1. The quantitative estimate of drug-likeness (QED) is 0.148. The summed E-state index contributed by atoms with van der Waals surface area (Å²) in [6.07, 6.45) is 24.9. The van der Waals surface area contributed by atoms with E-state index in [0.717, 1.165) is 23.0 Å². The smallest absolute Gasteiger partial charge is 0.504 e. The molecule has 3 heterocycles. The van der Waals surface area contributed by atoms with Crippen LogP contribution in [0.25, 0.3) is 0 Å². The second-order valence-electron chi connectivity index (χ2n) is 10.8. The molecule has 1 unspecified atom stereocenters. The van der Waals surface area contributed by atoms with E-state index in [1.165, 1.54) is 28.3 Å². The third-order valence-corrected chi connectivity index (χ3v) is 6.49. The van der Waals surface area contributed by atoms with Gasteiger partial charge in [-0.15, -0.1) is 19.1 Å². The number of benzene rings is 3. The Hall–Kier alpha value is -4.04. The van der Waals surface area contributed by atoms with Gasteiger partial charge in [-0.1, -0.05) is 143 Å². The van der Waals surface area contributed by atoms with Crippen molar-refractivity contribution in [1.29, 1.82) is 0 Å². The van der Waals surface area contributed by atoms with E-state index in [1.54, 1.807) is 19.2 Å². The van der Waals surface area contributed by atoms with E-state index in [2.05, 4.69) is 60.8 Å². The first-order valence-electron chi connectivity index (χ1n) is 22.2.